The van der Waals surface area contributed by atoms with E-state index in [-0.39, 0.29) is 5.91 Å². The fraction of sp³-hybridized carbons (Fsp3) is 0.318. The lowest BCUT2D eigenvalue weighted by atomic mass is 10.2. The summed E-state index contributed by atoms with van der Waals surface area (Å²) < 4.78 is 30.6. The molecule has 2 aromatic carbocycles. The zero-order chi connectivity index (χ0) is 22.3. The van der Waals surface area contributed by atoms with E-state index < -0.39 is 10.0 Å². The van der Waals surface area contributed by atoms with Crippen LogP contribution in [-0.4, -0.2) is 69.7 Å². The summed E-state index contributed by atoms with van der Waals surface area (Å²) in [7, 11) is -3.30. The minimum Gasteiger partial charge on any atom is -0.492 e. The third-order valence-electron chi connectivity index (χ3n) is 4.81. The predicted molar refractivity (Wildman–Crippen MR) is 124 cm³/mol. The van der Waals surface area contributed by atoms with Crippen LogP contribution in [0.15, 0.2) is 54.6 Å². The molecule has 7 nitrogen and oxygen atoms in total. The molecular weight excluding hydrogens is 438 g/mol. The van der Waals surface area contributed by atoms with Crippen molar-refractivity contribution in [1.29, 1.82) is 0 Å². The first-order chi connectivity index (χ1) is 14.8. The second-order valence-corrected chi connectivity index (χ2v) is 9.48. The van der Waals surface area contributed by atoms with Crippen LogP contribution in [-0.2, 0) is 14.8 Å². The van der Waals surface area contributed by atoms with Crippen LogP contribution in [0.5, 0.6) is 5.75 Å². The highest BCUT2D eigenvalue weighted by Gasteiger charge is 2.19. The number of amides is 1. The third-order valence-corrected chi connectivity index (χ3v) is 5.66. The van der Waals surface area contributed by atoms with Crippen LogP contribution >= 0.6 is 11.6 Å². The van der Waals surface area contributed by atoms with Crippen LogP contribution < -0.4 is 9.46 Å². The molecule has 0 aromatic heterocycles. The van der Waals surface area contributed by atoms with Crippen molar-refractivity contribution < 1.29 is 17.9 Å². The van der Waals surface area contributed by atoms with E-state index in [0.717, 1.165) is 37.2 Å². The highest BCUT2D eigenvalue weighted by atomic mass is 35.5. The van der Waals surface area contributed by atoms with Gasteiger partial charge in [-0.05, 0) is 48.0 Å². The number of piperazine rings is 1. The quantitative estimate of drug-likeness (QED) is 0.609. The SMILES string of the molecule is CS(=O)(=O)Nc1ccc(C=CC(=O)N2CCN(CCOc3ccc(Cl)cc3)CC2)cc1. The van der Waals surface area contributed by atoms with Gasteiger partial charge in [0.2, 0.25) is 15.9 Å². The molecule has 0 saturated carbocycles. The Kier molecular flexibility index (Phi) is 7.95. The third kappa shape index (κ3) is 7.90. The summed E-state index contributed by atoms with van der Waals surface area (Å²) in [6, 6.07) is 14.1. The fourth-order valence-electron chi connectivity index (χ4n) is 3.16. The van der Waals surface area contributed by atoms with Crippen molar-refractivity contribution in [3.05, 3.63) is 65.2 Å². The molecule has 3 rings (SSSR count). The van der Waals surface area contributed by atoms with Gasteiger partial charge in [-0.1, -0.05) is 23.7 Å². The smallest absolute Gasteiger partial charge is 0.246 e. The maximum Gasteiger partial charge on any atom is 0.246 e. The number of carbonyl (C=O) groups excluding carboxylic acids is 1. The topological polar surface area (TPSA) is 79.0 Å². The summed E-state index contributed by atoms with van der Waals surface area (Å²) >= 11 is 5.87. The van der Waals surface area contributed by atoms with Crippen molar-refractivity contribution in [3.8, 4) is 5.75 Å². The van der Waals surface area contributed by atoms with E-state index in [0.29, 0.717) is 30.4 Å². The Hall–Kier alpha value is -2.55. The molecule has 1 aliphatic heterocycles. The second kappa shape index (κ2) is 10.7. The predicted octanol–water partition coefficient (Wildman–Crippen LogP) is 2.95. The molecule has 1 heterocycles. The fourth-order valence-corrected chi connectivity index (χ4v) is 3.85. The maximum absolute atomic E-state index is 12.5. The molecule has 0 spiro atoms. The van der Waals surface area contributed by atoms with Crippen molar-refractivity contribution in [2.45, 2.75) is 0 Å². The Morgan fingerprint density at radius 1 is 1.06 bits per heavy atom. The van der Waals surface area contributed by atoms with Crippen molar-refractivity contribution in [1.82, 2.24) is 9.80 Å². The lowest BCUT2D eigenvalue weighted by molar-refractivity contribution is -0.127. The number of sulfonamides is 1. The summed E-state index contributed by atoms with van der Waals surface area (Å²) in [5, 5.41) is 0.683. The maximum atomic E-state index is 12.5. The van der Waals surface area contributed by atoms with Gasteiger partial charge < -0.3 is 9.64 Å². The average molecular weight is 464 g/mol. The highest BCUT2D eigenvalue weighted by Crippen LogP contribution is 2.16. The first kappa shape index (κ1) is 23.1. The standard InChI is InChI=1S/C22H26ClN3O4S/c1-31(28,29)24-20-7-2-18(3-8-20)4-11-22(27)26-14-12-25(13-15-26)16-17-30-21-9-5-19(23)6-10-21/h2-11,24H,12-17H2,1H3. The zero-order valence-corrected chi connectivity index (χ0v) is 18.9. The molecule has 31 heavy (non-hydrogen) atoms. The van der Waals surface area contributed by atoms with E-state index in [1.807, 2.05) is 17.0 Å². The molecule has 0 aliphatic carbocycles. The van der Waals surface area contributed by atoms with E-state index in [4.69, 9.17) is 16.3 Å². The zero-order valence-electron chi connectivity index (χ0n) is 17.3. The molecule has 9 heteroatoms. The number of halogens is 1. The number of anilines is 1. The first-order valence-electron chi connectivity index (χ1n) is 9.94. The molecule has 0 radical (unpaired) electrons. The number of hydrogen-bond donors (Lipinski definition) is 1. The number of hydrogen-bond acceptors (Lipinski definition) is 5. The van der Waals surface area contributed by atoms with Crippen LogP contribution in [0.25, 0.3) is 6.08 Å². The van der Waals surface area contributed by atoms with Crippen molar-refractivity contribution in [2.24, 2.45) is 0 Å². The van der Waals surface area contributed by atoms with E-state index in [1.54, 1.807) is 48.6 Å². The van der Waals surface area contributed by atoms with Crippen LogP contribution in [0, 0.1) is 0 Å². The van der Waals surface area contributed by atoms with E-state index in [2.05, 4.69) is 9.62 Å². The van der Waals surface area contributed by atoms with Crippen molar-refractivity contribution in [2.75, 3.05) is 50.3 Å². The lowest BCUT2D eigenvalue weighted by Gasteiger charge is -2.34. The molecule has 0 bridgehead atoms. The number of carbonyl (C=O) groups is 1. The summed E-state index contributed by atoms with van der Waals surface area (Å²) in [6.07, 6.45) is 4.39. The van der Waals surface area contributed by atoms with Crippen molar-refractivity contribution >= 4 is 39.3 Å². The number of benzene rings is 2. The number of rotatable bonds is 8. The molecule has 1 amide bonds. The minimum absolute atomic E-state index is 0.0320. The highest BCUT2D eigenvalue weighted by molar-refractivity contribution is 7.92. The van der Waals surface area contributed by atoms with Crippen LogP contribution in [0.4, 0.5) is 5.69 Å². The number of ether oxygens (including phenoxy) is 1. The molecule has 1 aliphatic rings. The average Bonchev–Trinajstić information content (AvgIpc) is 2.74. The minimum atomic E-state index is -3.30. The van der Waals surface area contributed by atoms with Gasteiger partial charge >= 0.3 is 0 Å². The lowest BCUT2D eigenvalue weighted by Crippen LogP contribution is -2.49. The molecule has 2 aromatic rings. The van der Waals surface area contributed by atoms with Gasteiger partial charge in [-0.25, -0.2) is 8.42 Å². The molecule has 1 saturated heterocycles. The van der Waals surface area contributed by atoms with Gasteiger partial charge in [0.25, 0.3) is 0 Å². The van der Waals surface area contributed by atoms with E-state index >= 15 is 0 Å². The Morgan fingerprint density at radius 2 is 1.71 bits per heavy atom. The van der Waals surface area contributed by atoms with Gasteiger partial charge in [0.05, 0.1) is 6.26 Å². The van der Waals surface area contributed by atoms with Crippen LogP contribution in [0.3, 0.4) is 0 Å². The Morgan fingerprint density at radius 3 is 2.32 bits per heavy atom. The second-order valence-electron chi connectivity index (χ2n) is 7.30. The monoisotopic (exact) mass is 463 g/mol. The Balaban J connectivity index is 1.40. The summed E-state index contributed by atoms with van der Waals surface area (Å²) in [6.45, 7) is 4.32. The Labute approximate surface area is 188 Å². The van der Waals surface area contributed by atoms with Crippen LogP contribution in [0.1, 0.15) is 5.56 Å². The van der Waals surface area contributed by atoms with Gasteiger partial charge in [0, 0.05) is 49.5 Å². The largest absolute Gasteiger partial charge is 0.492 e. The number of nitrogens with zero attached hydrogens (tertiary/aromatic N) is 2. The summed E-state index contributed by atoms with van der Waals surface area (Å²) in [5.41, 5.74) is 1.31. The van der Waals surface area contributed by atoms with Gasteiger partial charge in [-0.2, -0.15) is 0 Å². The van der Waals surface area contributed by atoms with Gasteiger partial charge in [-0.3, -0.25) is 14.4 Å². The van der Waals surface area contributed by atoms with Crippen LogP contribution in [0.2, 0.25) is 5.02 Å². The summed E-state index contributed by atoms with van der Waals surface area (Å²) in [4.78, 5) is 16.6. The number of nitrogens with one attached hydrogen (secondary N) is 1. The van der Waals surface area contributed by atoms with Crippen molar-refractivity contribution in [3.63, 3.8) is 0 Å². The van der Waals surface area contributed by atoms with E-state index in [9.17, 15) is 13.2 Å². The van der Waals surface area contributed by atoms with Gasteiger partial charge in [-0.15, -0.1) is 0 Å². The molecule has 1 fully saturated rings. The van der Waals surface area contributed by atoms with E-state index in [1.165, 1.54) is 0 Å². The molecule has 166 valence electrons. The normalized spacial score (nSPS) is 15.2. The summed E-state index contributed by atoms with van der Waals surface area (Å²) in [5.74, 6) is 0.763. The molecule has 0 atom stereocenters. The molecular formula is C22H26ClN3O4S. The molecule has 0 unspecified atom stereocenters. The first-order valence-corrected chi connectivity index (χ1v) is 12.2. The molecule has 1 N–H and O–H groups in total. The van der Waals surface area contributed by atoms with Gasteiger partial charge in [0.15, 0.2) is 0 Å². The van der Waals surface area contributed by atoms with Gasteiger partial charge in [0.1, 0.15) is 12.4 Å². The Bertz CT molecular complexity index is 1000.